The maximum absolute atomic E-state index is 12.1. The van der Waals surface area contributed by atoms with Crippen LogP contribution in [0.25, 0.3) is 0 Å². The quantitative estimate of drug-likeness (QED) is 0.349. The van der Waals surface area contributed by atoms with Gasteiger partial charge in [-0.2, -0.15) is 0 Å². The Morgan fingerprint density at radius 1 is 1.33 bits per heavy atom. The summed E-state index contributed by atoms with van der Waals surface area (Å²) in [7, 11) is -1.53. The Hall–Kier alpha value is -1.48. The molecular formula is C10H14N2O5S. The van der Waals surface area contributed by atoms with E-state index in [1.165, 1.54) is 38.5 Å². The lowest BCUT2D eigenvalue weighted by molar-refractivity contribution is 0.0595. The number of carbonyl (C=O) groups is 1. The van der Waals surface area contributed by atoms with Gasteiger partial charge in [-0.25, -0.2) is 13.2 Å². The fourth-order valence-corrected chi connectivity index (χ4v) is 2.47. The zero-order valence-corrected chi connectivity index (χ0v) is 10.8. The molecule has 7 nitrogen and oxygen atoms in total. The molecule has 100 valence electrons. The third-order valence-corrected chi connectivity index (χ3v) is 3.77. The van der Waals surface area contributed by atoms with Crippen molar-refractivity contribution in [3.63, 3.8) is 0 Å². The molecule has 1 aromatic rings. The number of nitrogens with two attached hydrogens (primary N) is 1. The summed E-state index contributed by atoms with van der Waals surface area (Å²) < 4.78 is 33.8. The first-order valence-corrected chi connectivity index (χ1v) is 6.33. The summed E-state index contributed by atoms with van der Waals surface area (Å²) in [4.78, 5) is 11.3. The molecule has 0 aliphatic heterocycles. The number of ether oxygens (including phenoxy) is 2. The van der Waals surface area contributed by atoms with E-state index >= 15 is 0 Å². The number of sulfonamides is 1. The number of hydrogen-bond donors (Lipinski definition) is 1. The van der Waals surface area contributed by atoms with Gasteiger partial charge >= 0.3 is 5.97 Å². The van der Waals surface area contributed by atoms with Crippen molar-refractivity contribution in [2.75, 3.05) is 21.0 Å². The van der Waals surface area contributed by atoms with Crippen molar-refractivity contribution in [2.45, 2.75) is 4.90 Å². The summed E-state index contributed by atoms with van der Waals surface area (Å²) in [6.07, 6.45) is 0. The summed E-state index contributed by atoms with van der Waals surface area (Å²) >= 11 is 0. The van der Waals surface area contributed by atoms with Crippen molar-refractivity contribution in [1.29, 1.82) is 0 Å². The first-order valence-electron chi connectivity index (χ1n) is 4.89. The van der Waals surface area contributed by atoms with Crippen LogP contribution in [0.4, 0.5) is 0 Å². The van der Waals surface area contributed by atoms with Crippen molar-refractivity contribution < 1.29 is 22.7 Å². The maximum atomic E-state index is 12.1. The Bertz CT molecular complexity index is 529. The fourth-order valence-electron chi connectivity index (χ4n) is 1.29. The van der Waals surface area contributed by atoms with E-state index in [2.05, 4.69) is 9.47 Å². The lowest BCUT2D eigenvalue weighted by Gasteiger charge is -2.17. The van der Waals surface area contributed by atoms with E-state index in [0.29, 0.717) is 4.41 Å². The smallest absolute Gasteiger partial charge is 0.339 e. The minimum Gasteiger partial charge on any atom is -0.465 e. The second kappa shape index (κ2) is 5.91. The third kappa shape index (κ3) is 2.85. The van der Waals surface area contributed by atoms with Gasteiger partial charge in [0.05, 0.1) is 17.6 Å². The van der Waals surface area contributed by atoms with E-state index in [-0.39, 0.29) is 17.2 Å². The molecule has 0 saturated heterocycles. The second-order valence-corrected chi connectivity index (χ2v) is 5.16. The Labute approximate surface area is 105 Å². The van der Waals surface area contributed by atoms with Crippen LogP contribution in [0.5, 0.6) is 0 Å². The van der Waals surface area contributed by atoms with Crippen LogP contribution in [0.1, 0.15) is 10.4 Å². The zero-order valence-electron chi connectivity index (χ0n) is 9.99. The van der Waals surface area contributed by atoms with E-state index in [1.807, 2.05) is 0 Å². The second-order valence-electron chi connectivity index (χ2n) is 3.30. The first kappa shape index (κ1) is 14.6. The molecule has 2 N–H and O–H groups in total. The maximum Gasteiger partial charge on any atom is 0.339 e. The molecule has 0 saturated carbocycles. The van der Waals surface area contributed by atoms with Crippen LogP contribution in [0.3, 0.4) is 0 Å². The Kier molecular flexibility index (Phi) is 4.79. The Balaban J connectivity index is 3.29. The van der Waals surface area contributed by atoms with E-state index in [9.17, 15) is 13.2 Å². The number of hydrazine groups is 1. The van der Waals surface area contributed by atoms with Crippen LogP contribution < -0.4 is 5.84 Å². The van der Waals surface area contributed by atoms with Crippen LogP contribution in [-0.2, 0) is 19.5 Å². The molecule has 0 aliphatic carbocycles. The van der Waals surface area contributed by atoms with Crippen molar-refractivity contribution in [3.05, 3.63) is 29.8 Å². The van der Waals surface area contributed by atoms with E-state index in [0.717, 1.165) is 0 Å². The van der Waals surface area contributed by atoms with Gasteiger partial charge in [0.15, 0.2) is 0 Å². The van der Waals surface area contributed by atoms with Gasteiger partial charge in [-0.05, 0) is 12.1 Å². The molecule has 0 fully saturated rings. The number of rotatable bonds is 5. The third-order valence-electron chi connectivity index (χ3n) is 2.14. The number of carbonyl (C=O) groups excluding carboxylic acids is 1. The minimum absolute atomic E-state index is 0.0773. The highest BCUT2D eigenvalue weighted by molar-refractivity contribution is 7.89. The minimum atomic E-state index is -4.00. The molecule has 18 heavy (non-hydrogen) atoms. The standard InChI is InChI=1S/C10H14N2O5S/c1-16-7-12(11)18(14,15)9-6-4-3-5-8(9)10(13)17-2/h3-6H,7,11H2,1-2H3. The van der Waals surface area contributed by atoms with Crippen LogP contribution >= 0.6 is 0 Å². The summed E-state index contributed by atoms with van der Waals surface area (Å²) in [6, 6.07) is 5.64. The van der Waals surface area contributed by atoms with Crippen LogP contribution in [0.15, 0.2) is 29.2 Å². The van der Waals surface area contributed by atoms with Gasteiger partial charge in [-0.15, -0.1) is 4.41 Å². The summed E-state index contributed by atoms with van der Waals surface area (Å²) in [5.41, 5.74) is -0.0773. The highest BCUT2D eigenvalue weighted by Gasteiger charge is 2.27. The summed E-state index contributed by atoms with van der Waals surface area (Å²) in [5.74, 6) is 4.62. The molecule has 0 aliphatic rings. The molecule has 0 bridgehead atoms. The van der Waals surface area contributed by atoms with Crippen LogP contribution in [-0.4, -0.2) is 39.8 Å². The molecule has 0 aromatic heterocycles. The number of nitrogens with zero attached hydrogens (tertiary/aromatic N) is 1. The van der Waals surface area contributed by atoms with E-state index in [1.54, 1.807) is 0 Å². The van der Waals surface area contributed by atoms with Crippen molar-refractivity contribution in [3.8, 4) is 0 Å². The van der Waals surface area contributed by atoms with Gasteiger partial charge in [0.2, 0.25) is 0 Å². The van der Waals surface area contributed by atoms with Crippen molar-refractivity contribution in [1.82, 2.24) is 4.41 Å². The zero-order chi connectivity index (χ0) is 13.8. The van der Waals surface area contributed by atoms with Crippen LogP contribution in [0, 0.1) is 0 Å². The van der Waals surface area contributed by atoms with Crippen molar-refractivity contribution in [2.24, 2.45) is 5.84 Å². The molecule has 0 unspecified atom stereocenters. The molecule has 0 radical (unpaired) electrons. The Morgan fingerprint density at radius 3 is 2.50 bits per heavy atom. The number of methoxy groups -OCH3 is 2. The number of esters is 1. The SMILES string of the molecule is COCN(N)S(=O)(=O)c1ccccc1C(=O)OC. The van der Waals surface area contributed by atoms with Gasteiger partial charge in [0.25, 0.3) is 10.0 Å². The van der Waals surface area contributed by atoms with Crippen molar-refractivity contribution >= 4 is 16.0 Å². The number of benzene rings is 1. The highest BCUT2D eigenvalue weighted by Crippen LogP contribution is 2.19. The lowest BCUT2D eigenvalue weighted by Crippen LogP contribution is -2.39. The average Bonchev–Trinajstić information content (AvgIpc) is 2.38. The van der Waals surface area contributed by atoms with E-state index in [4.69, 9.17) is 5.84 Å². The van der Waals surface area contributed by atoms with Gasteiger partial charge in [0.1, 0.15) is 6.73 Å². The molecule has 1 aromatic carbocycles. The number of hydrogen-bond acceptors (Lipinski definition) is 6. The topological polar surface area (TPSA) is 98.9 Å². The van der Waals surface area contributed by atoms with Gasteiger partial charge in [-0.3, -0.25) is 5.84 Å². The van der Waals surface area contributed by atoms with Gasteiger partial charge < -0.3 is 9.47 Å². The molecule has 0 heterocycles. The van der Waals surface area contributed by atoms with Gasteiger partial charge in [-0.1, -0.05) is 12.1 Å². The fraction of sp³-hybridized carbons (Fsp3) is 0.300. The molecule has 1 rings (SSSR count). The summed E-state index contributed by atoms with van der Waals surface area (Å²) in [6.45, 7) is -0.322. The predicted octanol–water partition coefficient (Wildman–Crippen LogP) is -0.0585. The lowest BCUT2D eigenvalue weighted by atomic mass is 10.2. The molecule has 0 atom stereocenters. The average molecular weight is 274 g/mol. The summed E-state index contributed by atoms with van der Waals surface area (Å²) in [5, 5.41) is 0. The first-order chi connectivity index (χ1) is 8.45. The molecule has 0 spiro atoms. The van der Waals surface area contributed by atoms with Gasteiger partial charge in [0, 0.05) is 7.11 Å². The predicted molar refractivity (Wildman–Crippen MR) is 62.9 cm³/mol. The van der Waals surface area contributed by atoms with E-state index < -0.39 is 16.0 Å². The molecular weight excluding hydrogens is 260 g/mol. The monoisotopic (exact) mass is 274 g/mol. The molecule has 0 amide bonds. The highest BCUT2D eigenvalue weighted by atomic mass is 32.2. The molecule has 8 heteroatoms. The largest absolute Gasteiger partial charge is 0.465 e. The van der Waals surface area contributed by atoms with Crippen LogP contribution in [0.2, 0.25) is 0 Å². The Morgan fingerprint density at radius 2 is 1.94 bits per heavy atom. The normalized spacial score (nSPS) is 11.6.